The number of hydrogen-bond donors (Lipinski definition) is 1. The molecule has 0 saturated heterocycles. The van der Waals surface area contributed by atoms with Crippen LogP contribution in [0.15, 0.2) is 67.7 Å². The van der Waals surface area contributed by atoms with Crippen LogP contribution in [0.2, 0.25) is 0 Å². The van der Waals surface area contributed by atoms with Gasteiger partial charge in [0.25, 0.3) is 0 Å². The lowest BCUT2D eigenvalue weighted by Crippen LogP contribution is -2.29. The number of nitrogens with one attached hydrogen (secondary N) is 1. The molecule has 1 aliphatic heterocycles. The van der Waals surface area contributed by atoms with Gasteiger partial charge in [-0.3, -0.25) is 9.88 Å². The van der Waals surface area contributed by atoms with Crippen molar-refractivity contribution in [2.75, 3.05) is 17.3 Å². The molecule has 0 fully saturated rings. The third kappa shape index (κ3) is 3.64. The number of benzene rings is 1. The molecule has 1 aromatic heterocycles. The molecule has 6 nitrogen and oxygen atoms in total. The highest BCUT2D eigenvalue weighted by Gasteiger charge is 2.10. The summed E-state index contributed by atoms with van der Waals surface area (Å²) in [7, 11) is 1.64. The minimum atomic E-state index is 0.571. The van der Waals surface area contributed by atoms with Gasteiger partial charge in [0.15, 0.2) is 10.9 Å². The average molecular weight is 325 g/mol. The number of nitrogens with zero attached hydrogens (tertiary/aromatic N) is 4. The Labute approximate surface area is 139 Å². The Hall–Kier alpha value is -2.93. The summed E-state index contributed by atoms with van der Waals surface area (Å²) >= 11 is 5.41. The summed E-state index contributed by atoms with van der Waals surface area (Å²) in [5.41, 5.74) is 0.897. The van der Waals surface area contributed by atoms with Crippen molar-refractivity contribution in [2.24, 2.45) is 0 Å². The summed E-state index contributed by atoms with van der Waals surface area (Å²) in [5.74, 6) is 1.55. The first-order chi connectivity index (χ1) is 11.3. The van der Waals surface area contributed by atoms with Crippen molar-refractivity contribution in [1.82, 2.24) is 14.9 Å². The van der Waals surface area contributed by atoms with Crippen molar-refractivity contribution >= 4 is 28.8 Å². The van der Waals surface area contributed by atoms with Crippen LogP contribution in [0.25, 0.3) is 0 Å². The van der Waals surface area contributed by atoms with Crippen molar-refractivity contribution in [2.45, 2.75) is 0 Å². The minimum absolute atomic E-state index is 0.571. The summed E-state index contributed by atoms with van der Waals surface area (Å²) in [4.78, 5) is 12.0. The van der Waals surface area contributed by atoms with Gasteiger partial charge < -0.3 is 15.0 Å². The largest absolute Gasteiger partial charge is 0.497 e. The molecular formula is C16H15N5OS. The minimum Gasteiger partial charge on any atom is -0.497 e. The average Bonchev–Trinajstić information content (AvgIpc) is 2.63. The van der Waals surface area contributed by atoms with Gasteiger partial charge in [-0.2, -0.15) is 0 Å². The van der Waals surface area contributed by atoms with E-state index in [1.54, 1.807) is 25.7 Å². The smallest absolute Gasteiger partial charge is 0.181 e. The fraction of sp³-hybridized carbons (Fsp3) is 0.0625. The van der Waals surface area contributed by atoms with E-state index in [4.69, 9.17) is 17.0 Å². The number of ether oxygens (including phenoxy) is 1. The molecule has 0 atom stereocenters. The van der Waals surface area contributed by atoms with Crippen LogP contribution in [0.3, 0.4) is 0 Å². The fourth-order valence-corrected chi connectivity index (χ4v) is 2.20. The standard InChI is InChI=1S/C16H15N5OS/c1-22-14-4-2-13(3-5-14)19-16(23)21-10-8-20(9-11-21)15-12-17-6-7-18-15/h2-12H,1H3,(H,19,23). The van der Waals surface area contributed by atoms with E-state index >= 15 is 0 Å². The normalized spacial score (nSPS) is 13.1. The molecule has 1 aliphatic rings. The van der Waals surface area contributed by atoms with Crippen molar-refractivity contribution < 1.29 is 4.74 Å². The van der Waals surface area contributed by atoms with E-state index in [1.165, 1.54) is 0 Å². The van der Waals surface area contributed by atoms with Crippen LogP contribution in [0.5, 0.6) is 5.75 Å². The van der Waals surface area contributed by atoms with E-state index in [0.717, 1.165) is 17.3 Å². The number of anilines is 2. The predicted octanol–water partition coefficient (Wildman–Crippen LogP) is 2.95. The van der Waals surface area contributed by atoms with Crippen LogP contribution in [0.1, 0.15) is 0 Å². The molecule has 2 heterocycles. The summed E-state index contributed by atoms with van der Waals surface area (Å²) in [5, 5.41) is 3.74. The SMILES string of the molecule is COc1ccc(NC(=S)N2C=CN(c3cnccn3)C=C2)cc1. The predicted molar refractivity (Wildman–Crippen MR) is 93.8 cm³/mol. The monoisotopic (exact) mass is 325 g/mol. The van der Waals surface area contributed by atoms with Crippen molar-refractivity contribution in [1.29, 1.82) is 0 Å². The third-order valence-electron chi connectivity index (χ3n) is 3.17. The van der Waals surface area contributed by atoms with Gasteiger partial charge >= 0.3 is 0 Å². The third-order valence-corrected chi connectivity index (χ3v) is 3.48. The number of rotatable bonds is 3. The van der Waals surface area contributed by atoms with E-state index in [2.05, 4.69) is 15.3 Å². The van der Waals surface area contributed by atoms with Crippen LogP contribution in [-0.2, 0) is 0 Å². The molecule has 2 aromatic rings. The lowest BCUT2D eigenvalue weighted by molar-refractivity contribution is 0.415. The molecule has 0 spiro atoms. The van der Waals surface area contributed by atoms with E-state index in [1.807, 2.05) is 58.9 Å². The lowest BCUT2D eigenvalue weighted by atomic mass is 10.3. The Morgan fingerprint density at radius 2 is 1.83 bits per heavy atom. The zero-order valence-corrected chi connectivity index (χ0v) is 13.3. The maximum atomic E-state index is 5.41. The van der Waals surface area contributed by atoms with Gasteiger partial charge in [0.2, 0.25) is 0 Å². The maximum Gasteiger partial charge on any atom is 0.181 e. The van der Waals surface area contributed by atoms with Crippen LogP contribution >= 0.6 is 12.2 Å². The van der Waals surface area contributed by atoms with E-state index in [0.29, 0.717) is 5.11 Å². The van der Waals surface area contributed by atoms with Crippen LogP contribution < -0.4 is 15.0 Å². The van der Waals surface area contributed by atoms with Gasteiger partial charge in [-0.25, -0.2) is 4.98 Å². The molecule has 0 bridgehead atoms. The molecular weight excluding hydrogens is 310 g/mol. The molecule has 0 aliphatic carbocycles. The van der Waals surface area contributed by atoms with Gasteiger partial charge in [-0.1, -0.05) is 0 Å². The second kappa shape index (κ2) is 6.89. The summed E-state index contributed by atoms with van der Waals surface area (Å²) in [6.45, 7) is 0. The Kier molecular flexibility index (Phi) is 4.49. The van der Waals surface area contributed by atoms with E-state index < -0.39 is 0 Å². The highest BCUT2D eigenvalue weighted by molar-refractivity contribution is 7.80. The first kappa shape index (κ1) is 15.0. The molecule has 1 aromatic carbocycles. The van der Waals surface area contributed by atoms with Crippen LogP contribution in [-0.4, -0.2) is 27.1 Å². The molecule has 0 amide bonds. The molecule has 0 saturated carbocycles. The molecule has 3 rings (SSSR count). The van der Waals surface area contributed by atoms with Crippen molar-refractivity contribution in [3.8, 4) is 5.75 Å². The Morgan fingerprint density at radius 1 is 1.09 bits per heavy atom. The molecule has 7 heteroatoms. The molecule has 0 unspecified atom stereocenters. The van der Waals surface area contributed by atoms with Gasteiger partial charge in [0.1, 0.15) is 5.75 Å². The lowest BCUT2D eigenvalue weighted by Gasteiger charge is -2.24. The zero-order chi connectivity index (χ0) is 16.1. The first-order valence-electron chi connectivity index (χ1n) is 6.90. The highest BCUT2D eigenvalue weighted by atomic mass is 32.1. The zero-order valence-electron chi connectivity index (χ0n) is 12.5. The Balaban J connectivity index is 1.62. The van der Waals surface area contributed by atoms with Crippen molar-refractivity contribution in [3.05, 3.63) is 67.7 Å². The van der Waals surface area contributed by atoms with Gasteiger partial charge in [0, 0.05) is 42.9 Å². The van der Waals surface area contributed by atoms with E-state index in [9.17, 15) is 0 Å². The van der Waals surface area contributed by atoms with Crippen LogP contribution in [0, 0.1) is 0 Å². The topological polar surface area (TPSA) is 53.5 Å². The second-order valence-electron chi connectivity index (χ2n) is 4.63. The van der Waals surface area contributed by atoms with Gasteiger partial charge in [-0.05, 0) is 36.5 Å². The van der Waals surface area contributed by atoms with Gasteiger partial charge in [0.05, 0.1) is 13.3 Å². The highest BCUT2D eigenvalue weighted by Crippen LogP contribution is 2.17. The Bertz CT molecular complexity index is 716. The Morgan fingerprint density at radius 3 is 2.43 bits per heavy atom. The summed E-state index contributed by atoms with van der Waals surface area (Å²) < 4.78 is 5.13. The summed E-state index contributed by atoms with van der Waals surface area (Å²) in [6.07, 6.45) is 12.4. The number of thiocarbonyl (C=S) groups is 1. The number of methoxy groups -OCH3 is 1. The summed E-state index contributed by atoms with van der Waals surface area (Å²) in [6, 6.07) is 7.58. The van der Waals surface area contributed by atoms with E-state index in [-0.39, 0.29) is 0 Å². The molecule has 23 heavy (non-hydrogen) atoms. The second-order valence-corrected chi connectivity index (χ2v) is 5.02. The van der Waals surface area contributed by atoms with Crippen LogP contribution in [0.4, 0.5) is 11.5 Å². The van der Waals surface area contributed by atoms with Gasteiger partial charge in [-0.15, -0.1) is 0 Å². The quantitative estimate of drug-likeness (QED) is 0.871. The maximum absolute atomic E-state index is 5.41. The number of aromatic nitrogens is 2. The fourth-order valence-electron chi connectivity index (χ4n) is 1.96. The molecule has 0 radical (unpaired) electrons. The molecule has 1 N–H and O–H groups in total. The number of hydrogen-bond acceptors (Lipinski definition) is 5. The first-order valence-corrected chi connectivity index (χ1v) is 7.31. The molecule has 116 valence electrons. The van der Waals surface area contributed by atoms with Crippen molar-refractivity contribution in [3.63, 3.8) is 0 Å².